The van der Waals surface area contributed by atoms with Gasteiger partial charge < -0.3 is 15.5 Å². The van der Waals surface area contributed by atoms with E-state index in [9.17, 15) is 9.59 Å². The lowest BCUT2D eigenvalue weighted by molar-refractivity contribution is -0.885. The Morgan fingerprint density at radius 3 is 2.38 bits per heavy atom. The van der Waals surface area contributed by atoms with Gasteiger partial charge in [0.1, 0.15) is 0 Å². The standard InChI is InChI=1S/C20H24ClN3O2/c1-13-5-6-14(2)18(11-13)23-19(25)12-24(4)15(3)20(26)22-17-9-7-16(21)8-10-17/h5-11,15H,12H2,1-4H3,(H,22,26)(H,23,25)/p+1/t15-/m0/s1. The number of hydrogen-bond acceptors (Lipinski definition) is 2. The number of likely N-dealkylation sites (N-methyl/N-ethyl adjacent to an activating group) is 1. The quantitative estimate of drug-likeness (QED) is 0.727. The number of carbonyl (C=O) groups excluding carboxylic acids is 2. The summed E-state index contributed by atoms with van der Waals surface area (Å²) in [6.07, 6.45) is 0. The number of halogens is 1. The molecule has 5 nitrogen and oxygen atoms in total. The molecule has 0 saturated heterocycles. The zero-order valence-corrected chi connectivity index (χ0v) is 16.3. The van der Waals surface area contributed by atoms with Crippen LogP contribution in [0, 0.1) is 13.8 Å². The van der Waals surface area contributed by atoms with Crippen molar-refractivity contribution in [3.8, 4) is 0 Å². The van der Waals surface area contributed by atoms with Gasteiger partial charge in [-0.2, -0.15) is 0 Å². The van der Waals surface area contributed by atoms with Crippen LogP contribution >= 0.6 is 11.6 Å². The van der Waals surface area contributed by atoms with E-state index in [1.807, 2.05) is 39.1 Å². The summed E-state index contributed by atoms with van der Waals surface area (Å²) in [5.41, 5.74) is 3.58. The van der Waals surface area contributed by atoms with E-state index in [2.05, 4.69) is 10.6 Å². The zero-order valence-electron chi connectivity index (χ0n) is 15.5. The van der Waals surface area contributed by atoms with Gasteiger partial charge in [-0.05, 0) is 62.2 Å². The van der Waals surface area contributed by atoms with Crippen molar-refractivity contribution in [1.82, 2.24) is 0 Å². The largest absolute Gasteiger partial charge is 0.321 e. The molecule has 26 heavy (non-hydrogen) atoms. The molecule has 3 N–H and O–H groups in total. The fraction of sp³-hybridized carbons (Fsp3) is 0.300. The molecular weight excluding hydrogens is 350 g/mol. The minimum atomic E-state index is -0.380. The molecule has 0 fully saturated rings. The average Bonchev–Trinajstić information content (AvgIpc) is 2.59. The van der Waals surface area contributed by atoms with Gasteiger partial charge in [0, 0.05) is 16.4 Å². The lowest BCUT2D eigenvalue weighted by atomic mass is 10.1. The van der Waals surface area contributed by atoms with Crippen molar-refractivity contribution in [2.75, 3.05) is 24.2 Å². The average molecular weight is 375 g/mol. The molecule has 0 saturated carbocycles. The molecule has 6 heteroatoms. The Kier molecular flexibility index (Phi) is 6.77. The molecule has 138 valence electrons. The van der Waals surface area contributed by atoms with Gasteiger partial charge >= 0.3 is 0 Å². The SMILES string of the molecule is Cc1ccc(C)c(NC(=O)C[NH+](C)[C@@H](C)C(=O)Nc2ccc(Cl)cc2)c1. The summed E-state index contributed by atoms with van der Waals surface area (Å²) >= 11 is 5.84. The maximum atomic E-state index is 12.4. The summed E-state index contributed by atoms with van der Waals surface area (Å²) in [5, 5.41) is 6.38. The molecule has 0 bridgehead atoms. The third-order valence-electron chi connectivity index (χ3n) is 4.35. The highest BCUT2D eigenvalue weighted by molar-refractivity contribution is 6.30. The Morgan fingerprint density at radius 2 is 1.73 bits per heavy atom. The van der Waals surface area contributed by atoms with Crippen LogP contribution in [0.2, 0.25) is 5.02 Å². The molecule has 0 spiro atoms. The number of aryl methyl sites for hydroxylation is 2. The van der Waals surface area contributed by atoms with Gasteiger partial charge in [0.15, 0.2) is 12.6 Å². The van der Waals surface area contributed by atoms with Crippen LogP contribution in [0.15, 0.2) is 42.5 Å². The van der Waals surface area contributed by atoms with E-state index < -0.39 is 0 Å². The zero-order chi connectivity index (χ0) is 19.3. The van der Waals surface area contributed by atoms with Gasteiger partial charge in [-0.15, -0.1) is 0 Å². The number of anilines is 2. The predicted molar refractivity (Wildman–Crippen MR) is 106 cm³/mol. The minimum Gasteiger partial charge on any atom is -0.321 e. The second kappa shape index (κ2) is 8.83. The second-order valence-electron chi connectivity index (χ2n) is 6.61. The molecule has 0 aliphatic carbocycles. The maximum absolute atomic E-state index is 12.4. The minimum absolute atomic E-state index is 0.123. The molecule has 2 amide bonds. The van der Waals surface area contributed by atoms with Crippen LogP contribution in [-0.4, -0.2) is 31.4 Å². The lowest BCUT2D eigenvalue weighted by Gasteiger charge is -2.21. The first kappa shape index (κ1) is 19.9. The highest BCUT2D eigenvalue weighted by atomic mass is 35.5. The van der Waals surface area contributed by atoms with Gasteiger partial charge in [-0.1, -0.05) is 23.7 Å². The van der Waals surface area contributed by atoms with E-state index >= 15 is 0 Å². The number of quaternary nitrogens is 1. The monoisotopic (exact) mass is 374 g/mol. The summed E-state index contributed by atoms with van der Waals surface area (Å²) < 4.78 is 0. The Balaban J connectivity index is 1.91. The van der Waals surface area contributed by atoms with Crippen molar-refractivity contribution in [2.45, 2.75) is 26.8 Å². The van der Waals surface area contributed by atoms with Gasteiger partial charge in [-0.3, -0.25) is 9.59 Å². The van der Waals surface area contributed by atoms with Crippen molar-refractivity contribution in [2.24, 2.45) is 0 Å². The van der Waals surface area contributed by atoms with Crippen LogP contribution in [0.4, 0.5) is 11.4 Å². The Labute approximate surface area is 159 Å². The van der Waals surface area contributed by atoms with Gasteiger partial charge in [-0.25, -0.2) is 0 Å². The fourth-order valence-corrected chi connectivity index (χ4v) is 2.60. The van der Waals surface area contributed by atoms with Crippen molar-refractivity contribution < 1.29 is 14.5 Å². The van der Waals surface area contributed by atoms with Crippen molar-refractivity contribution in [3.05, 3.63) is 58.6 Å². The highest BCUT2D eigenvalue weighted by Gasteiger charge is 2.24. The molecule has 1 unspecified atom stereocenters. The summed E-state index contributed by atoms with van der Waals surface area (Å²) in [6.45, 7) is 5.93. The molecule has 2 rings (SSSR count). The number of carbonyl (C=O) groups is 2. The van der Waals surface area contributed by atoms with Crippen LogP contribution in [0.1, 0.15) is 18.1 Å². The van der Waals surface area contributed by atoms with E-state index in [0.29, 0.717) is 10.7 Å². The maximum Gasteiger partial charge on any atom is 0.282 e. The van der Waals surface area contributed by atoms with Crippen LogP contribution < -0.4 is 15.5 Å². The van der Waals surface area contributed by atoms with Crippen LogP contribution in [0.5, 0.6) is 0 Å². The normalized spacial score (nSPS) is 13.0. The Hall–Kier alpha value is -2.37. The molecule has 2 aromatic rings. The first-order valence-electron chi connectivity index (χ1n) is 8.52. The molecule has 2 aromatic carbocycles. The molecular formula is C20H25ClN3O2+. The van der Waals surface area contributed by atoms with E-state index in [1.54, 1.807) is 31.2 Å². The van der Waals surface area contributed by atoms with Crippen molar-refractivity contribution in [1.29, 1.82) is 0 Å². The fourth-order valence-electron chi connectivity index (χ4n) is 2.48. The lowest BCUT2D eigenvalue weighted by Crippen LogP contribution is -3.14. The number of nitrogens with one attached hydrogen (secondary N) is 3. The van der Waals surface area contributed by atoms with Gasteiger partial charge in [0.05, 0.1) is 7.05 Å². The second-order valence-corrected chi connectivity index (χ2v) is 7.04. The van der Waals surface area contributed by atoms with Gasteiger partial charge in [0.25, 0.3) is 11.8 Å². The third-order valence-corrected chi connectivity index (χ3v) is 4.60. The van der Waals surface area contributed by atoms with Crippen LogP contribution in [0.25, 0.3) is 0 Å². The topological polar surface area (TPSA) is 62.6 Å². The molecule has 0 aromatic heterocycles. The molecule has 0 aliphatic rings. The number of amides is 2. The van der Waals surface area contributed by atoms with Crippen LogP contribution in [-0.2, 0) is 9.59 Å². The molecule has 0 heterocycles. The van der Waals surface area contributed by atoms with Crippen molar-refractivity contribution >= 4 is 34.8 Å². The van der Waals surface area contributed by atoms with Crippen LogP contribution in [0.3, 0.4) is 0 Å². The van der Waals surface area contributed by atoms with E-state index in [4.69, 9.17) is 11.6 Å². The van der Waals surface area contributed by atoms with E-state index in [1.165, 1.54) is 0 Å². The molecule has 0 aliphatic heterocycles. The van der Waals surface area contributed by atoms with Crippen molar-refractivity contribution in [3.63, 3.8) is 0 Å². The summed E-state index contributed by atoms with van der Waals surface area (Å²) in [7, 11) is 1.83. The Bertz CT molecular complexity index is 790. The van der Waals surface area contributed by atoms with E-state index in [-0.39, 0.29) is 24.4 Å². The number of rotatable bonds is 6. The van der Waals surface area contributed by atoms with Gasteiger partial charge in [0.2, 0.25) is 0 Å². The predicted octanol–water partition coefficient (Wildman–Crippen LogP) is 2.44. The number of benzene rings is 2. The number of hydrogen-bond donors (Lipinski definition) is 3. The first-order valence-corrected chi connectivity index (χ1v) is 8.90. The third kappa shape index (κ3) is 5.58. The smallest absolute Gasteiger partial charge is 0.282 e. The summed E-state index contributed by atoms with van der Waals surface area (Å²) in [4.78, 5) is 25.5. The first-order chi connectivity index (χ1) is 12.3. The molecule has 0 radical (unpaired) electrons. The molecule has 2 atom stereocenters. The highest BCUT2D eigenvalue weighted by Crippen LogP contribution is 2.16. The summed E-state index contributed by atoms with van der Waals surface area (Å²) in [6, 6.07) is 12.5. The Morgan fingerprint density at radius 1 is 1.08 bits per heavy atom. The van der Waals surface area contributed by atoms with E-state index in [0.717, 1.165) is 21.7 Å². The summed E-state index contributed by atoms with van der Waals surface area (Å²) in [5.74, 6) is -0.272.